The molecule has 140 valence electrons. The predicted molar refractivity (Wildman–Crippen MR) is 86.4 cm³/mol. The van der Waals surface area contributed by atoms with E-state index in [0.29, 0.717) is 42.4 Å². The van der Waals surface area contributed by atoms with Gasteiger partial charge < -0.3 is 20.2 Å². The number of alkyl halides is 3. The van der Waals surface area contributed by atoms with Crippen molar-refractivity contribution in [2.75, 3.05) is 4.90 Å². The predicted octanol–water partition coefficient (Wildman–Crippen LogP) is 2.57. The lowest BCUT2D eigenvalue weighted by molar-refractivity contribution is -0.177. The van der Waals surface area contributed by atoms with Gasteiger partial charge in [0.1, 0.15) is 0 Å². The minimum Gasteiger partial charge on any atom is -0.372 e. The number of anilines is 1. The Kier molecular flexibility index (Phi) is 4.17. The molecule has 6 nitrogen and oxygen atoms in total. The monoisotopic (exact) mass is 368 g/mol. The van der Waals surface area contributed by atoms with Crippen LogP contribution in [0.15, 0.2) is 18.2 Å². The smallest absolute Gasteiger partial charge is 0.372 e. The molecule has 1 aromatic heterocycles. The Morgan fingerprint density at radius 2 is 2.12 bits per heavy atom. The van der Waals surface area contributed by atoms with E-state index in [0.717, 1.165) is 11.1 Å². The highest BCUT2D eigenvalue weighted by Crippen LogP contribution is 2.38. The molecule has 4 rings (SSSR count). The number of aromatic nitrogens is 2. The zero-order valence-electron chi connectivity index (χ0n) is 13.8. The molecule has 1 unspecified atom stereocenters. The summed E-state index contributed by atoms with van der Waals surface area (Å²) < 4.78 is 38.9. The molecule has 0 radical (unpaired) electrons. The largest absolute Gasteiger partial charge is 0.392 e. The molecule has 0 amide bonds. The van der Waals surface area contributed by atoms with Gasteiger partial charge in [0, 0.05) is 30.8 Å². The Balaban J connectivity index is 1.57. The molecule has 0 saturated heterocycles. The van der Waals surface area contributed by atoms with Gasteiger partial charge in [-0.25, -0.2) is 4.98 Å². The molecule has 2 heterocycles. The highest BCUT2D eigenvalue weighted by molar-refractivity contribution is 5.48. The molecule has 1 aromatic carbocycles. The van der Waals surface area contributed by atoms with E-state index in [-0.39, 0.29) is 12.8 Å². The van der Waals surface area contributed by atoms with E-state index in [1.165, 1.54) is 0 Å². The standard InChI is InChI=1S/C17H19F3N4O2/c18-17(19,20)10-4-5-13-14(6-10)22-16(21-13)24-7-9-2-1-3-11(12(9)8-24)15(25)23-26/h1-3,10,15,23,25-26H,4-8H2,(H,21,22)/t10-,15?/m1/s1. The number of benzene rings is 1. The van der Waals surface area contributed by atoms with Gasteiger partial charge in [0.15, 0.2) is 6.23 Å². The molecule has 0 spiro atoms. The number of rotatable bonds is 3. The minimum absolute atomic E-state index is 0.0645. The van der Waals surface area contributed by atoms with Gasteiger partial charge in [0.2, 0.25) is 5.95 Å². The van der Waals surface area contributed by atoms with E-state index in [1.54, 1.807) is 12.1 Å². The first-order chi connectivity index (χ1) is 12.4. The van der Waals surface area contributed by atoms with Gasteiger partial charge in [0.25, 0.3) is 0 Å². The van der Waals surface area contributed by atoms with Gasteiger partial charge >= 0.3 is 6.18 Å². The van der Waals surface area contributed by atoms with Crippen LogP contribution in [0.1, 0.15) is 40.7 Å². The summed E-state index contributed by atoms with van der Waals surface area (Å²) in [7, 11) is 0. The number of hydrogen-bond acceptors (Lipinski definition) is 5. The summed E-state index contributed by atoms with van der Waals surface area (Å²) in [6.07, 6.45) is -5.06. The lowest BCUT2D eigenvalue weighted by Gasteiger charge is -2.23. The number of aliphatic hydroxyl groups is 1. The second kappa shape index (κ2) is 6.26. The van der Waals surface area contributed by atoms with Crippen LogP contribution in [0.4, 0.5) is 19.1 Å². The summed E-state index contributed by atoms with van der Waals surface area (Å²) in [6.45, 7) is 0.996. The average molecular weight is 368 g/mol. The molecule has 9 heteroatoms. The van der Waals surface area contributed by atoms with Crippen LogP contribution < -0.4 is 10.4 Å². The minimum atomic E-state index is -4.19. The molecule has 2 aliphatic rings. The number of imidazole rings is 1. The van der Waals surface area contributed by atoms with Crippen molar-refractivity contribution in [2.45, 2.75) is 44.8 Å². The van der Waals surface area contributed by atoms with Crippen molar-refractivity contribution in [3.63, 3.8) is 0 Å². The maximum Gasteiger partial charge on any atom is 0.392 e. The maximum absolute atomic E-state index is 13.0. The Labute approximate surface area is 147 Å². The lowest BCUT2D eigenvalue weighted by Crippen LogP contribution is -2.28. The fraction of sp³-hybridized carbons (Fsp3) is 0.471. The molecule has 1 aliphatic heterocycles. The second-order valence-electron chi connectivity index (χ2n) is 6.84. The molecule has 2 atom stereocenters. The van der Waals surface area contributed by atoms with Crippen molar-refractivity contribution in [1.82, 2.24) is 15.4 Å². The fourth-order valence-electron chi connectivity index (χ4n) is 3.82. The van der Waals surface area contributed by atoms with Crippen LogP contribution in [0.25, 0.3) is 0 Å². The fourth-order valence-corrected chi connectivity index (χ4v) is 3.82. The molecule has 0 bridgehead atoms. The Hall–Kier alpha value is -2.10. The Morgan fingerprint density at radius 3 is 2.85 bits per heavy atom. The first-order valence-electron chi connectivity index (χ1n) is 8.44. The van der Waals surface area contributed by atoms with Crippen LogP contribution in [0.2, 0.25) is 0 Å². The molecule has 0 fully saturated rings. The van der Waals surface area contributed by atoms with Crippen LogP contribution in [0, 0.1) is 5.92 Å². The van der Waals surface area contributed by atoms with Crippen LogP contribution in [-0.4, -0.2) is 26.5 Å². The zero-order valence-corrected chi connectivity index (χ0v) is 13.8. The average Bonchev–Trinajstić information content (AvgIpc) is 3.22. The van der Waals surface area contributed by atoms with Crippen molar-refractivity contribution >= 4 is 5.95 Å². The topological polar surface area (TPSA) is 84.4 Å². The normalized spacial score (nSPS) is 20.8. The molecule has 1 aliphatic carbocycles. The number of H-pyrrole nitrogens is 1. The Bertz CT molecular complexity index is 821. The molecular weight excluding hydrogens is 349 g/mol. The lowest BCUT2D eigenvalue weighted by atomic mass is 9.89. The van der Waals surface area contributed by atoms with Gasteiger partial charge in [-0.2, -0.15) is 18.7 Å². The first-order valence-corrected chi connectivity index (χ1v) is 8.44. The van der Waals surface area contributed by atoms with E-state index in [9.17, 15) is 18.3 Å². The summed E-state index contributed by atoms with van der Waals surface area (Å²) in [5, 5.41) is 18.9. The van der Waals surface area contributed by atoms with Crippen molar-refractivity contribution in [3.05, 3.63) is 46.3 Å². The van der Waals surface area contributed by atoms with Crippen molar-refractivity contribution in [3.8, 4) is 0 Å². The SMILES string of the molecule is ONC(O)c1cccc2c1CN(c1nc3c([nH]1)C[C@H](C(F)(F)F)CC3)C2. The van der Waals surface area contributed by atoms with Gasteiger partial charge in [-0.1, -0.05) is 18.2 Å². The van der Waals surface area contributed by atoms with Crippen LogP contribution >= 0.6 is 0 Å². The van der Waals surface area contributed by atoms with Gasteiger partial charge in [0.05, 0.1) is 11.6 Å². The number of halogens is 3. The van der Waals surface area contributed by atoms with Crippen molar-refractivity contribution in [2.24, 2.45) is 5.92 Å². The number of hydroxylamine groups is 1. The van der Waals surface area contributed by atoms with Crippen LogP contribution in [0.5, 0.6) is 0 Å². The van der Waals surface area contributed by atoms with E-state index >= 15 is 0 Å². The van der Waals surface area contributed by atoms with Gasteiger partial charge in [-0.3, -0.25) is 0 Å². The molecule has 2 aromatic rings. The van der Waals surface area contributed by atoms with E-state index in [1.807, 2.05) is 16.4 Å². The van der Waals surface area contributed by atoms with E-state index in [2.05, 4.69) is 9.97 Å². The Morgan fingerprint density at radius 1 is 1.31 bits per heavy atom. The van der Waals surface area contributed by atoms with Crippen molar-refractivity contribution < 1.29 is 23.5 Å². The van der Waals surface area contributed by atoms with Crippen LogP contribution in [0.3, 0.4) is 0 Å². The quantitative estimate of drug-likeness (QED) is 0.494. The number of aromatic amines is 1. The highest BCUT2D eigenvalue weighted by atomic mass is 19.4. The number of nitrogens with zero attached hydrogens (tertiary/aromatic N) is 2. The molecular formula is C17H19F3N4O2. The zero-order chi connectivity index (χ0) is 18.5. The number of aryl methyl sites for hydroxylation is 1. The molecule has 0 saturated carbocycles. The number of aliphatic hydroxyl groups excluding tert-OH is 1. The van der Waals surface area contributed by atoms with Crippen molar-refractivity contribution in [1.29, 1.82) is 0 Å². The third kappa shape index (κ3) is 2.95. The van der Waals surface area contributed by atoms with Crippen LogP contribution in [-0.2, 0) is 25.9 Å². The molecule has 26 heavy (non-hydrogen) atoms. The number of fused-ring (bicyclic) bond motifs is 2. The highest BCUT2D eigenvalue weighted by Gasteiger charge is 2.42. The first kappa shape index (κ1) is 17.3. The van der Waals surface area contributed by atoms with Gasteiger partial charge in [-0.05, 0) is 24.0 Å². The van der Waals surface area contributed by atoms with E-state index in [4.69, 9.17) is 5.21 Å². The van der Waals surface area contributed by atoms with E-state index < -0.39 is 18.3 Å². The molecule has 4 N–H and O–H groups in total. The summed E-state index contributed by atoms with van der Waals surface area (Å²) in [5.41, 5.74) is 5.53. The summed E-state index contributed by atoms with van der Waals surface area (Å²) >= 11 is 0. The summed E-state index contributed by atoms with van der Waals surface area (Å²) in [6, 6.07) is 5.43. The number of hydrogen-bond donors (Lipinski definition) is 4. The van der Waals surface area contributed by atoms with Gasteiger partial charge in [-0.15, -0.1) is 0 Å². The maximum atomic E-state index is 13.0. The summed E-state index contributed by atoms with van der Waals surface area (Å²) in [4.78, 5) is 9.49. The second-order valence-corrected chi connectivity index (χ2v) is 6.84. The third-order valence-corrected chi connectivity index (χ3v) is 5.23. The third-order valence-electron chi connectivity index (χ3n) is 5.23. The number of nitrogens with one attached hydrogen (secondary N) is 2. The summed E-state index contributed by atoms with van der Waals surface area (Å²) in [5.74, 6) is -0.775.